The fourth-order valence-corrected chi connectivity index (χ4v) is 0. The first-order chi connectivity index (χ1) is 10.2. The second-order valence-corrected chi connectivity index (χ2v) is 9.13. The average molecular weight is 391 g/mol. The zero-order valence-electron chi connectivity index (χ0n) is 18.1. The molecule has 0 unspecified atom stereocenters. The van der Waals surface area contributed by atoms with Gasteiger partial charge in [0.1, 0.15) is 0 Å². The second-order valence-electron chi connectivity index (χ2n) is 9.13. The molecule has 0 rings (SSSR count). The van der Waals surface area contributed by atoms with Gasteiger partial charge in [-0.3, -0.25) is 0 Å². The van der Waals surface area contributed by atoms with E-state index in [1.165, 1.54) is 0 Å². The van der Waals surface area contributed by atoms with Gasteiger partial charge in [-0.15, -0.1) is 0 Å². The van der Waals surface area contributed by atoms with Crippen LogP contribution in [0.4, 0.5) is 0 Å². The predicted molar refractivity (Wildman–Crippen MR) is 105 cm³/mol. The van der Waals surface area contributed by atoms with Crippen molar-refractivity contribution < 1.29 is 16.5 Å². The molecule has 0 aromatic heterocycles. The van der Waals surface area contributed by atoms with Crippen LogP contribution in [0.25, 0.3) is 19.4 Å². The van der Waals surface area contributed by atoms with Gasteiger partial charge in [0.2, 0.25) is 22.2 Å². The second kappa shape index (κ2) is 14.8. The summed E-state index contributed by atoms with van der Waals surface area (Å²) in [6.07, 6.45) is 0. The zero-order chi connectivity index (χ0) is 20.8. The number of nitrogens with zero attached hydrogens (tertiary/aromatic N) is 4. The Hall–Kier alpha value is -1.55. The average Bonchev–Trinajstić information content (AvgIpc) is 2.37. The molecule has 0 aliphatic carbocycles. The first-order valence-electron chi connectivity index (χ1n) is 7.79. The molecule has 0 aromatic rings. The number of rotatable bonds is 0. The van der Waals surface area contributed by atoms with Crippen LogP contribution < -0.4 is 0 Å². The van der Waals surface area contributed by atoms with Crippen molar-refractivity contribution in [1.29, 1.82) is 0 Å². The Bertz CT molecular complexity index is 386. The molecule has 0 amide bonds. The molecule has 0 aliphatic rings. The molecule has 0 spiro atoms. The summed E-state index contributed by atoms with van der Waals surface area (Å²) in [7, 11) is 0. The molecule has 0 fully saturated rings. The Balaban J connectivity index is -0.0000000702. The summed E-state index contributed by atoms with van der Waals surface area (Å²) < 4.78 is 0. The van der Waals surface area contributed by atoms with E-state index in [0.717, 1.165) is 0 Å². The minimum absolute atomic E-state index is 0. The third-order valence-corrected chi connectivity index (χ3v) is 1.34. The third kappa shape index (κ3) is 86.0. The van der Waals surface area contributed by atoms with Crippen LogP contribution in [-0.2, 0) is 16.5 Å². The molecule has 4 nitrogen and oxygen atoms in total. The van der Waals surface area contributed by atoms with Crippen LogP contribution in [0, 0.1) is 26.3 Å². The normalized spacial score (nSPS) is 9.92. The van der Waals surface area contributed by atoms with Gasteiger partial charge in [0.15, 0.2) is 0 Å². The molecule has 0 aromatic carbocycles. The van der Waals surface area contributed by atoms with Crippen LogP contribution in [0.3, 0.4) is 0 Å². The summed E-state index contributed by atoms with van der Waals surface area (Å²) in [4.78, 5) is 13.1. The molecule has 25 heavy (non-hydrogen) atoms. The van der Waals surface area contributed by atoms with Gasteiger partial charge in [0.05, 0.1) is 0 Å². The molecule has 0 radical (unpaired) electrons. The maximum atomic E-state index is 6.48. The van der Waals surface area contributed by atoms with Crippen LogP contribution in [0.1, 0.15) is 83.1 Å². The topological polar surface area (TPSA) is 17.4 Å². The molecule has 0 saturated heterocycles. The molecule has 0 saturated carbocycles. The van der Waals surface area contributed by atoms with Crippen LogP contribution in [-0.4, -0.2) is 22.2 Å². The SMILES string of the molecule is [C-]#[N+]C(C)(C)C.[C-]#[N+]C(C)(C)C.[C-]#[N+]C(C)(C)C.[C-]#[N+]C(C)(C)C.[Ni]. The van der Waals surface area contributed by atoms with E-state index in [2.05, 4.69) is 19.4 Å². The van der Waals surface area contributed by atoms with Gasteiger partial charge in [-0.25, -0.2) is 26.3 Å². The van der Waals surface area contributed by atoms with Crippen LogP contribution in [0.15, 0.2) is 0 Å². The fourth-order valence-electron chi connectivity index (χ4n) is 0. The van der Waals surface area contributed by atoms with Crippen LogP contribution in [0.5, 0.6) is 0 Å². The van der Waals surface area contributed by atoms with Gasteiger partial charge in [0, 0.05) is 99.6 Å². The van der Waals surface area contributed by atoms with E-state index in [9.17, 15) is 0 Å². The van der Waals surface area contributed by atoms with Gasteiger partial charge >= 0.3 is 0 Å². The monoisotopic (exact) mass is 390 g/mol. The van der Waals surface area contributed by atoms with E-state index in [1.54, 1.807) is 0 Å². The van der Waals surface area contributed by atoms with E-state index < -0.39 is 0 Å². The minimum Gasteiger partial charge on any atom is -0.311 e. The van der Waals surface area contributed by atoms with Crippen molar-refractivity contribution in [3.05, 3.63) is 45.7 Å². The van der Waals surface area contributed by atoms with Gasteiger partial charge in [0.25, 0.3) is 0 Å². The van der Waals surface area contributed by atoms with Crippen LogP contribution in [0.2, 0.25) is 0 Å². The van der Waals surface area contributed by atoms with Crippen molar-refractivity contribution in [2.75, 3.05) is 0 Å². The fraction of sp³-hybridized carbons (Fsp3) is 0.800. The van der Waals surface area contributed by atoms with Crippen molar-refractivity contribution in [3.8, 4) is 0 Å². The van der Waals surface area contributed by atoms with E-state index in [1.807, 2.05) is 83.1 Å². The van der Waals surface area contributed by atoms with E-state index in [4.69, 9.17) is 26.3 Å². The summed E-state index contributed by atoms with van der Waals surface area (Å²) in [5.74, 6) is 0. The zero-order valence-corrected chi connectivity index (χ0v) is 19.1. The van der Waals surface area contributed by atoms with Crippen molar-refractivity contribution in [2.45, 2.75) is 105 Å². The van der Waals surface area contributed by atoms with Crippen molar-refractivity contribution in [1.82, 2.24) is 0 Å². The maximum absolute atomic E-state index is 6.48. The van der Waals surface area contributed by atoms with E-state index in [0.29, 0.717) is 0 Å². The minimum atomic E-state index is -0.167. The Kier molecular flexibility index (Phi) is 20.5. The molecule has 0 N–H and O–H groups in total. The number of hydrogen-bond donors (Lipinski definition) is 0. The number of hydrogen-bond acceptors (Lipinski definition) is 0. The standard InChI is InChI=1S/4C5H9N.Ni/c4*1-5(2,3)6-4;/h4*1-3H3;. The van der Waals surface area contributed by atoms with Gasteiger partial charge in [-0.05, 0) is 0 Å². The predicted octanol–water partition coefficient (Wildman–Crippen LogP) is 6.81. The van der Waals surface area contributed by atoms with Gasteiger partial charge in [-0.2, -0.15) is 0 Å². The van der Waals surface area contributed by atoms with E-state index in [-0.39, 0.29) is 38.6 Å². The summed E-state index contributed by atoms with van der Waals surface area (Å²) >= 11 is 0. The maximum Gasteiger partial charge on any atom is 0.224 e. The molecular weight excluding hydrogens is 355 g/mol. The Labute approximate surface area is 167 Å². The molecule has 5 heteroatoms. The van der Waals surface area contributed by atoms with Crippen molar-refractivity contribution in [3.63, 3.8) is 0 Å². The molecule has 146 valence electrons. The molecular formula is C20H36N4Ni. The summed E-state index contributed by atoms with van der Waals surface area (Å²) in [6.45, 7) is 48.6. The molecule has 0 atom stereocenters. The van der Waals surface area contributed by atoms with Crippen LogP contribution >= 0.6 is 0 Å². The smallest absolute Gasteiger partial charge is 0.224 e. The summed E-state index contributed by atoms with van der Waals surface area (Å²) in [5, 5.41) is 0. The Morgan fingerprint density at radius 3 is 0.400 bits per heavy atom. The van der Waals surface area contributed by atoms with Gasteiger partial charge < -0.3 is 19.4 Å². The summed E-state index contributed by atoms with van der Waals surface area (Å²) in [5.41, 5.74) is -0.667. The first-order valence-corrected chi connectivity index (χ1v) is 7.79. The largest absolute Gasteiger partial charge is 0.311 e. The van der Waals surface area contributed by atoms with Crippen molar-refractivity contribution in [2.24, 2.45) is 0 Å². The quantitative estimate of drug-likeness (QED) is 0.319. The van der Waals surface area contributed by atoms with E-state index >= 15 is 0 Å². The first kappa shape index (κ1) is 34.7. The Morgan fingerprint density at radius 1 is 0.360 bits per heavy atom. The van der Waals surface area contributed by atoms with Gasteiger partial charge in [-0.1, -0.05) is 0 Å². The molecule has 0 heterocycles. The third-order valence-electron chi connectivity index (χ3n) is 1.34. The molecule has 0 bridgehead atoms. The van der Waals surface area contributed by atoms with Crippen molar-refractivity contribution >= 4 is 0 Å². The Morgan fingerprint density at radius 2 is 0.400 bits per heavy atom. The summed E-state index contributed by atoms with van der Waals surface area (Å²) in [6, 6.07) is 0. The molecule has 0 aliphatic heterocycles.